The number of hydrogen-bond donors (Lipinski definition) is 0. The predicted octanol–water partition coefficient (Wildman–Crippen LogP) is 6.04. The number of halogens is 1. The first-order valence-corrected chi connectivity index (χ1v) is 12.4. The van der Waals surface area contributed by atoms with E-state index >= 15 is 0 Å². The standard InChI is InChI=1S/C29H41FN2O2/c1-21-17-32(22(2)16-31(21)18-23-8-12-25(30)13-9-23)27(33)19-34-26-14-10-24(11-15-26)29(6,7)20-28(3,4)5/h8-15,21-22H,16-20H2,1-7H3/t21-,22+/m1/s1. The zero-order valence-corrected chi connectivity index (χ0v) is 21.9. The van der Waals surface area contributed by atoms with Gasteiger partial charge in [0.1, 0.15) is 11.6 Å². The number of amides is 1. The molecule has 0 unspecified atom stereocenters. The molecule has 2 aromatic carbocycles. The van der Waals surface area contributed by atoms with E-state index in [9.17, 15) is 9.18 Å². The van der Waals surface area contributed by atoms with Gasteiger partial charge in [-0.2, -0.15) is 0 Å². The Bertz CT molecular complexity index is 948. The Balaban J connectivity index is 1.53. The van der Waals surface area contributed by atoms with Crippen molar-refractivity contribution in [2.75, 3.05) is 19.7 Å². The lowest BCUT2D eigenvalue weighted by atomic mass is 9.72. The van der Waals surface area contributed by atoms with E-state index in [1.807, 2.05) is 29.2 Å². The summed E-state index contributed by atoms with van der Waals surface area (Å²) in [5.41, 5.74) is 2.69. The van der Waals surface area contributed by atoms with Crippen LogP contribution in [-0.4, -0.2) is 47.5 Å². The van der Waals surface area contributed by atoms with E-state index in [4.69, 9.17) is 4.74 Å². The Morgan fingerprint density at radius 2 is 1.56 bits per heavy atom. The van der Waals surface area contributed by atoms with E-state index in [0.29, 0.717) is 6.54 Å². The van der Waals surface area contributed by atoms with Crippen molar-refractivity contribution in [3.63, 3.8) is 0 Å². The Kier molecular flexibility index (Phi) is 8.07. The summed E-state index contributed by atoms with van der Waals surface area (Å²) in [6.45, 7) is 17.8. The zero-order valence-electron chi connectivity index (χ0n) is 21.9. The molecule has 186 valence electrons. The number of piperazine rings is 1. The second-order valence-corrected chi connectivity index (χ2v) is 11.7. The highest BCUT2D eigenvalue weighted by Gasteiger charge is 2.32. The van der Waals surface area contributed by atoms with Crippen molar-refractivity contribution in [1.29, 1.82) is 0 Å². The zero-order chi connectivity index (χ0) is 25.1. The van der Waals surface area contributed by atoms with Gasteiger partial charge in [0, 0.05) is 31.7 Å². The second-order valence-electron chi connectivity index (χ2n) is 11.7. The van der Waals surface area contributed by atoms with Crippen LogP contribution >= 0.6 is 0 Å². The van der Waals surface area contributed by atoms with Gasteiger partial charge in [0.25, 0.3) is 5.91 Å². The minimum atomic E-state index is -0.219. The molecule has 0 aromatic heterocycles. The number of nitrogens with zero attached hydrogens (tertiary/aromatic N) is 2. The van der Waals surface area contributed by atoms with Crippen LogP contribution < -0.4 is 4.74 Å². The van der Waals surface area contributed by atoms with Crippen LogP contribution in [0.1, 0.15) is 66.0 Å². The molecule has 3 rings (SSSR count). The van der Waals surface area contributed by atoms with Crippen LogP contribution in [-0.2, 0) is 16.8 Å². The van der Waals surface area contributed by atoms with Crippen LogP contribution in [0.15, 0.2) is 48.5 Å². The van der Waals surface area contributed by atoms with Crippen LogP contribution in [0.2, 0.25) is 0 Å². The molecule has 2 aromatic rings. The lowest BCUT2D eigenvalue weighted by molar-refractivity contribution is -0.139. The topological polar surface area (TPSA) is 32.8 Å². The van der Waals surface area contributed by atoms with Gasteiger partial charge in [0.15, 0.2) is 6.61 Å². The Hall–Kier alpha value is -2.40. The predicted molar refractivity (Wildman–Crippen MR) is 136 cm³/mol. The molecule has 1 amide bonds. The number of benzene rings is 2. The van der Waals surface area contributed by atoms with Crippen molar-refractivity contribution in [3.8, 4) is 5.75 Å². The maximum absolute atomic E-state index is 13.2. The van der Waals surface area contributed by atoms with Crippen LogP contribution in [0.4, 0.5) is 4.39 Å². The van der Waals surface area contributed by atoms with Crippen molar-refractivity contribution in [1.82, 2.24) is 9.80 Å². The lowest BCUT2D eigenvalue weighted by Gasteiger charge is -2.44. The molecule has 1 saturated heterocycles. The summed E-state index contributed by atoms with van der Waals surface area (Å²) in [4.78, 5) is 17.2. The van der Waals surface area contributed by atoms with Crippen molar-refractivity contribution in [2.24, 2.45) is 5.41 Å². The maximum atomic E-state index is 13.2. The largest absolute Gasteiger partial charge is 0.484 e. The molecule has 0 radical (unpaired) electrons. The number of rotatable bonds is 7. The van der Waals surface area contributed by atoms with Gasteiger partial charge >= 0.3 is 0 Å². The van der Waals surface area contributed by atoms with Crippen LogP contribution in [0.3, 0.4) is 0 Å². The van der Waals surface area contributed by atoms with E-state index in [1.165, 1.54) is 17.7 Å². The van der Waals surface area contributed by atoms with Crippen molar-refractivity contribution < 1.29 is 13.9 Å². The summed E-state index contributed by atoms with van der Waals surface area (Å²) in [6, 6.07) is 15.1. The molecule has 1 aliphatic rings. The van der Waals surface area contributed by atoms with E-state index < -0.39 is 0 Å². The third-order valence-electron chi connectivity index (χ3n) is 6.70. The number of carbonyl (C=O) groups is 1. The smallest absolute Gasteiger partial charge is 0.260 e. The summed E-state index contributed by atoms with van der Waals surface area (Å²) in [5, 5.41) is 0. The first-order valence-electron chi connectivity index (χ1n) is 12.4. The highest BCUT2D eigenvalue weighted by Crippen LogP contribution is 2.36. The number of carbonyl (C=O) groups excluding carboxylic acids is 1. The van der Waals surface area contributed by atoms with E-state index in [0.717, 1.165) is 30.8 Å². The van der Waals surface area contributed by atoms with Gasteiger partial charge in [0.05, 0.1) is 0 Å². The molecule has 34 heavy (non-hydrogen) atoms. The quantitative estimate of drug-likeness (QED) is 0.497. The SMILES string of the molecule is C[C@@H]1CN(C(=O)COc2ccc(C(C)(C)CC(C)(C)C)cc2)[C@@H](C)CN1Cc1ccc(F)cc1. The molecule has 0 aliphatic carbocycles. The molecule has 1 fully saturated rings. The minimum absolute atomic E-state index is 0.0120. The fourth-order valence-electron chi connectivity index (χ4n) is 5.25. The van der Waals surface area contributed by atoms with Crippen LogP contribution in [0.5, 0.6) is 5.75 Å². The van der Waals surface area contributed by atoms with Gasteiger partial charge in [-0.05, 0) is 66.5 Å². The molecule has 0 saturated carbocycles. The fraction of sp³-hybridized carbons (Fsp3) is 0.552. The Labute approximate surface area is 205 Å². The van der Waals surface area contributed by atoms with Gasteiger partial charge in [-0.3, -0.25) is 9.69 Å². The molecule has 0 spiro atoms. The van der Waals surface area contributed by atoms with Crippen LogP contribution in [0, 0.1) is 11.2 Å². The normalized spacial score (nSPS) is 19.8. The number of hydrogen-bond acceptors (Lipinski definition) is 3. The monoisotopic (exact) mass is 468 g/mol. The molecule has 2 atom stereocenters. The van der Waals surface area contributed by atoms with Gasteiger partial charge in [0.2, 0.25) is 0 Å². The number of ether oxygens (including phenoxy) is 1. The summed E-state index contributed by atoms with van der Waals surface area (Å²) in [6.07, 6.45) is 1.09. The van der Waals surface area contributed by atoms with Gasteiger partial charge in [-0.25, -0.2) is 4.39 Å². The van der Waals surface area contributed by atoms with E-state index in [1.54, 1.807) is 0 Å². The molecular formula is C29H41FN2O2. The molecule has 1 aliphatic heterocycles. The molecular weight excluding hydrogens is 427 g/mol. The fourth-order valence-corrected chi connectivity index (χ4v) is 5.25. The third-order valence-corrected chi connectivity index (χ3v) is 6.70. The summed E-state index contributed by atoms with van der Waals surface area (Å²) in [5.74, 6) is 0.515. The Morgan fingerprint density at radius 3 is 2.15 bits per heavy atom. The average Bonchev–Trinajstić information content (AvgIpc) is 2.74. The lowest BCUT2D eigenvalue weighted by Crippen LogP contribution is -2.58. The maximum Gasteiger partial charge on any atom is 0.260 e. The molecule has 1 heterocycles. The summed E-state index contributed by atoms with van der Waals surface area (Å²) >= 11 is 0. The first-order chi connectivity index (χ1) is 15.8. The highest BCUT2D eigenvalue weighted by molar-refractivity contribution is 5.78. The van der Waals surface area contributed by atoms with E-state index in [-0.39, 0.29) is 41.2 Å². The van der Waals surface area contributed by atoms with Gasteiger partial charge in [-0.15, -0.1) is 0 Å². The van der Waals surface area contributed by atoms with Crippen molar-refractivity contribution in [3.05, 3.63) is 65.5 Å². The molecule has 5 heteroatoms. The summed E-state index contributed by atoms with van der Waals surface area (Å²) in [7, 11) is 0. The van der Waals surface area contributed by atoms with Gasteiger partial charge in [-0.1, -0.05) is 58.9 Å². The van der Waals surface area contributed by atoms with Gasteiger partial charge < -0.3 is 9.64 Å². The average molecular weight is 469 g/mol. The van der Waals surface area contributed by atoms with Crippen molar-refractivity contribution >= 4 is 5.91 Å². The molecule has 0 N–H and O–H groups in total. The molecule has 0 bridgehead atoms. The first kappa shape index (κ1) is 26.2. The van der Waals surface area contributed by atoms with E-state index in [2.05, 4.69) is 65.5 Å². The van der Waals surface area contributed by atoms with Crippen LogP contribution in [0.25, 0.3) is 0 Å². The summed E-state index contributed by atoms with van der Waals surface area (Å²) < 4.78 is 19.1. The third kappa shape index (κ3) is 7.05. The second kappa shape index (κ2) is 10.5. The highest BCUT2D eigenvalue weighted by atomic mass is 19.1. The Morgan fingerprint density at radius 1 is 0.941 bits per heavy atom. The molecule has 4 nitrogen and oxygen atoms in total. The minimum Gasteiger partial charge on any atom is -0.484 e. The van der Waals surface area contributed by atoms with Crippen molar-refractivity contribution in [2.45, 2.75) is 78.9 Å².